The number of amides is 1. The zero-order valence-corrected chi connectivity index (χ0v) is 14.7. The van der Waals surface area contributed by atoms with Crippen LogP contribution in [0.2, 0.25) is 0 Å². The summed E-state index contributed by atoms with van der Waals surface area (Å²) in [6, 6.07) is 11.5. The summed E-state index contributed by atoms with van der Waals surface area (Å²) in [7, 11) is 0. The maximum absolute atomic E-state index is 12.7. The molecule has 5 nitrogen and oxygen atoms in total. The molecule has 1 aromatic carbocycles. The molecule has 1 amide bonds. The van der Waals surface area contributed by atoms with Crippen LogP contribution >= 0.6 is 0 Å². The van der Waals surface area contributed by atoms with Crippen molar-refractivity contribution >= 4 is 17.4 Å². The van der Waals surface area contributed by atoms with Crippen LogP contribution in [0.1, 0.15) is 49.2 Å². The third-order valence-electron chi connectivity index (χ3n) is 3.84. The number of benzene rings is 1. The molecule has 5 heteroatoms. The smallest absolute Gasteiger partial charge is 0.278 e. The number of carbonyl (C=O) groups is 1. The van der Waals surface area contributed by atoms with E-state index in [9.17, 15) is 4.79 Å². The van der Waals surface area contributed by atoms with Gasteiger partial charge in [0.1, 0.15) is 5.82 Å². The Balaban J connectivity index is 2.05. The first-order valence-electron chi connectivity index (χ1n) is 8.61. The predicted octanol–water partition coefficient (Wildman–Crippen LogP) is 4.05. The summed E-state index contributed by atoms with van der Waals surface area (Å²) in [6.07, 6.45) is 3.49. The van der Waals surface area contributed by atoms with Gasteiger partial charge in [-0.3, -0.25) is 4.79 Å². The highest BCUT2D eigenvalue weighted by molar-refractivity contribution is 6.04. The Morgan fingerprint density at radius 2 is 1.96 bits per heavy atom. The molecule has 2 aromatic rings. The van der Waals surface area contributed by atoms with Crippen molar-refractivity contribution in [3.05, 3.63) is 47.7 Å². The lowest BCUT2D eigenvalue weighted by molar-refractivity contribution is 0.0982. The molecule has 1 heterocycles. The Morgan fingerprint density at radius 3 is 2.58 bits per heavy atom. The monoisotopic (exact) mass is 326 g/mol. The third kappa shape index (κ3) is 4.78. The molecule has 1 N–H and O–H groups in total. The number of nitrogens with zero attached hydrogens (tertiary/aromatic N) is 3. The van der Waals surface area contributed by atoms with Crippen LogP contribution in [0, 0.1) is 6.92 Å². The Bertz CT molecular complexity index is 655. The van der Waals surface area contributed by atoms with E-state index in [-0.39, 0.29) is 5.91 Å². The molecule has 1 aromatic heterocycles. The fourth-order valence-electron chi connectivity index (χ4n) is 2.51. The lowest BCUT2D eigenvalue weighted by Gasteiger charge is -2.20. The van der Waals surface area contributed by atoms with E-state index in [1.165, 1.54) is 12.8 Å². The van der Waals surface area contributed by atoms with E-state index in [1.54, 1.807) is 11.0 Å². The van der Waals surface area contributed by atoms with E-state index in [0.29, 0.717) is 18.1 Å². The summed E-state index contributed by atoms with van der Waals surface area (Å²) >= 11 is 0. The Labute approximate surface area is 144 Å². The van der Waals surface area contributed by atoms with Gasteiger partial charge in [-0.05, 0) is 50.1 Å². The van der Waals surface area contributed by atoms with Gasteiger partial charge in [-0.2, -0.15) is 0 Å². The quantitative estimate of drug-likeness (QED) is 0.743. The van der Waals surface area contributed by atoms with Crippen LogP contribution < -0.4 is 10.2 Å². The summed E-state index contributed by atoms with van der Waals surface area (Å²) in [5.74, 6) is 0.578. The van der Waals surface area contributed by atoms with Gasteiger partial charge in [0.05, 0.1) is 0 Å². The number of carbonyl (C=O) groups excluding carboxylic acids is 1. The Kier molecular flexibility index (Phi) is 6.73. The normalized spacial score (nSPS) is 10.5. The van der Waals surface area contributed by atoms with E-state index < -0.39 is 0 Å². The minimum atomic E-state index is -0.131. The van der Waals surface area contributed by atoms with Gasteiger partial charge in [0.2, 0.25) is 0 Å². The van der Waals surface area contributed by atoms with Crippen molar-refractivity contribution in [2.24, 2.45) is 0 Å². The first-order chi connectivity index (χ1) is 11.7. The zero-order chi connectivity index (χ0) is 17.4. The fraction of sp³-hybridized carbons (Fsp3) is 0.421. The standard InChI is InChI=1S/C19H26N4O/c1-4-6-7-13-20-18-12-11-17(21-22-18)19(24)23(5-2)16-10-8-9-15(3)14-16/h8-12,14H,4-7,13H2,1-3H3,(H,20,22). The third-order valence-corrected chi connectivity index (χ3v) is 3.84. The van der Waals surface area contributed by atoms with E-state index in [0.717, 1.165) is 24.2 Å². The molecule has 0 aliphatic heterocycles. The van der Waals surface area contributed by atoms with Crippen molar-refractivity contribution in [3.8, 4) is 0 Å². The van der Waals surface area contributed by atoms with Crippen LogP contribution in [0.4, 0.5) is 11.5 Å². The van der Waals surface area contributed by atoms with Gasteiger partial charge in [-0.1, -0.05) is 31.9 Å². The van der Waals surface area contributed by atoms with Crippen molar-refractivity contribution in [2.75, 3.05) is 23.3 Å². The van der Waals surface area contributed by atoms with Gasteiger partial charge < -0.3 is 10.2 Å². The molecule has 0 atom stereocenters. The van der Waals surface area contributed by atoms with Crippen LogP contribution in [0.3, 0.4) is 0 Å². The molecule has 2 rings (SSSR count). The molecule has 0 saturated carbocycles. The molecule has 0 radical (unpaired) electrons. The van der Waals surface area contributed by atoms with Crippen molar-refractivity contribution < 1.29 is 4.79 Å². The summed E-state index contributed by atoms with van der Waals surface area (Å²) < 4.78 is 0. The fourth-order valence-corrected chi connectivity index (χ4v) is 2.51. The summed E-state index contributed by atoms with van der Waals surface area (Å²) in [6.45, 7) is 7.60. The highest BCUT2D eigenvalue weighted by Gasteiger charge is 2.18. The van der Waals surface area contributed by atoms with Gasteiger partial charge in [0.15, 0.2) is 5.69 Å². The molecule has 0 aliphatic carbocycles. The molecule has 0 fully saturated rings. The molecule has 24 heavy (non-hydrogen) atoms. The van der Waals surface area contributed by atoms with Gasteiger partial charge in [-0.15, -0.1) is 10.2 Å². The minimum absolute atomic E-state index is 0.131. The molecule has 128 valence electrons. The van der Waals surface area contributed by atoms with Gasteiger partial charge >= 0.3 is 0 Å². The van der Waals surface area contributed by atoms with Crippen LogP contribution in [0.15, 0.2) is 36.4 Å². The number of hydrogen-bond donors (Lipinski definition) is 1. The van der Waals surface area contributed by atoms with Crippen molar-refractivity contribution in [3.63, 3.8) is 0 Å². The molecular weight excluding hydrogens is 300 g/mol. The minimum Gasteiger partial charge on any atom is -0.369 e. The maximum atomic E-state index is 12.7. The SMILES string of the molecule is CCCCCNc1ccc(C(=O)N(CC)c2cccc(C)c2)nn1. The molecule has 0 aliphatic rings. The van der Waals surface area contributed by atoms with E-state index in [4.69, 9.17) is 0 Å². The number of hydrogen-bond acceptors (Lipinski definition) is 4. The first kappa shape index (κ1) is 17.9. The topological polar surface area (TPSA) is 58.1 Å². The lowest BCUT2D eigenvalue weighted by Crippen LogP contribution is -2.31. The van der Waals surface area contributed by atoms with E-state index in [1.807, 2.05) is 44.2 Å². The summed E-state index contributed by atoms with van der Waals surface area (Å²) in [4.78, 5) is 14.4. The first-order valence-corrected chi connectivity index (χ1v) is 8.61. The van der Waals surface area contributed by atoms with Crippen molar-refractivity contribution in [1.29, 1.82) is 0 Å². The second-order valence-electron chi connectivity index (χ2n) is 5.83. The Morgan fingerprint density at radius 1 is 1.12 bits per heavy atom. The van der Waals surface area contributed by atoms with E-state index >= 15 is 0 Å². The highest BCUT2D eigenvalue weighted by Crippen LogP contribution is 2.18. The average molecular weight is 326 g/mol. The largest absolute Gasteiger partial charge is 0.369 e. The van der Waals surface area contributed by atoms with Gasteiger partial charge in [0, 0.05) is 18.8 Å². The number of aryl methyl sites for hydroxylation is 1. The number of rotatable bonds is 8. The average Bonchev–Trinajstić information content (AvgIpc) is 2.60. The number of anilines is 2. The highest BCUT2D eigenvalue weighted by atomic mass is 16.2. The molecule has 0 bridgehead atoms. The number of nitrogens with one attached hydrogen (secondary N) is 1. The molecule has 0 unspecified atom stereocenters. The summed E-state index contributed by atoms with van der Waals surface area (Å²) in [5.41, 5.74) is 2.36. The summed E-state index contributed by atoms with van der Waals surface area (Å²) in [5, 5.41) is 11.4. The van der Waals surface area contributed by atoms with Crippen LogP contribution in [-0.4, -0.2) is 29.2 Å². The molecule has 0 saturated heterocycles. The van der Waals surface area contributed by atoms with Gasteiger partial charge in [0.25, 0.3) is 5.91 Å². The van der Waals surface area contributed by atoms with Gasteiger partial charge in [-0.25, -0.2) is 0 Å². The lowest BCUT2D eigenvalue weighted by atomic mass is 10.2. The number of aromatic nitrogens is 2. The van der Waals surface area contributed by atoms with Crippen molar-refractivity contribution in [2.45, 2.75) is 40.0 Å². The predicted molar refractivity (Wildman–Crippen MR) is 98.6 cm³/mol. The number of unbranched alkanes of at least 4 members (excludes halogenated alkanes) is 2. The second-order valence-corrected chi connectivity index (χ2v) is 5.83. The van der Waals surface area contributed by atoms with Crippen LogP contribution in [0.5, 0.6) is 0 Å². The Hall–Kier alpha value is -2.43. The van der Waals surface area contributed by atoms with Crippen molar-refractivity contribution in [1.82, 2.24) is 10.2 Å². The van der Waals surface area contributed by atoms with E-state index in [2.05, 4.69) is 22.4 Å². The zero-order valence-electron chi connectivity index (χ0n) is 14.7. The van der Waals surface area contributed by atoms with Crippen LogP contribution in [-0.2, 0) is 0 Å². The molecule has 0 spiro atoms. The second kappa shape index (κ2) is 9.01. The van der Waals surface area contributed by atoms with Crippen LogP contribution in [0.25, 0.3) is 0 Å². The maximum Gasteiger partial charge on any atom is 0.278 e. The molecular formula is C19H26N4O.